The SMILES string of the molecule is C#CN(C(=O)C(NC(=O)OC(C)(C)C)C(C)C)C(C(=O)NCCCC)c1cccc(C)c1C. The summed E-state index contributed by atoms with van der Waals surface area (Å²) in [7, 11) is 0. The number of rotatable bonds is 9. The highest BCUT2D eigenvalue weighted by Crippen LogP contribution is 2.27. The van der Waals surface area contributed by atoms with Crippen LogP contribution in [0.1, 0.15) is 77.1 Å². The highest BCUT2D eigenvalue weighted by Gasteiger charge is 2.37. The molecule has 182 valence electrons. The van der Waals surface area contributed by atoms with Crippen molar-refractivity contribution in [2.45, 2.75) is 85.9 Å². The van der Waals surface area contributed by atoms with Crippen LogP contribution in [0, 0.1) is 32.2 Å². The topological polar surface area (TPSA) is 87.7 Å². The molecule has 0 saturated heterocycles. The van der Waals surface area contributed by atoms with Crippen molar-refractivity contribution in [1.82, 2.24) is 15.5 Å². The molecular weight excluding hydrogens is 418 g/mol. The van der Waals surface area contributed by atoms with Crippen LogP contribution in [0.5, 0.6) is 0 Å². The Balaban J connectivity index is 3.38. The van der Waals surface area contributed by atoms with E-state index in [1.165, 1.54) is 0 Å². The van der Waals surface area contributed by atoms with Gasteiger partial charge in [-0.2, -0.15) is 0 Å². The zero-order valence-electron chi connectivity index (χ0n) is 21.2. The standard InChI is InChI=1S/C26H39N3O4/c1-10-12-16-27-23(30)22(20-15-13-14-18(5)19(20)6)29(11-2)24(31)21(17(3)4)28-25(32)33-26(7,8)9/h2,13-15,17,21-22H,10,12,16H2,1,3-9H3,(H,27,30)(H,28,32). The highest BCUT2D eigenvalue weighted by molar-refractivity contribution is 5.93. The minimum Gasteiger partial charge on any atom is -0.444 e. The quantitative estimate of drug-likeness (QED) is 0.330. The van der Waals surface area contributed by atoms with Crippen LogP contribution in [0.4, 0.5) is 4.79 Å². The van der Waals surface area contributed by atoms with E-state index < -0.39 is 29.7 Å². The Labute approximate surface area is 198 Å². The van der Waals surface area contributed by atoms with Gasteiger partial charge >= 0.3 is 6.09 Å². The van der Waals surface area contributed by atoms with Gasteiger partial charge in [0.2, 0.25) is 5.91 Å². The molecule has 0 spiro atoms. The minimum absolute atomic E-state index is 0.289. The fourth-order valence-corrected chi connectivity index (χ4v) is 3.32. The fourth-order valence-electron chi connectivity index (χ4n) is 3.32. The van der Waals surface area contributed by atoms with Crippen molar-refractivity contribution in [3.63, 3.8) is 0 Å². The molecule has 3 amide bonds. The second kappa shape index (κ2) is 12.3. The average Bonchev–Trinajstić information content (AvgIpc) is 2.70. The van der Waals surface area contributed by atoms with E-state index in [9.17, 15) is 14.4 Å². The van der Waals surface area contributed by atoms with Crippen LogP contribution in [0.25, 0.3) is 0 Å². The molecule has 2 unspecified atom stereocenters. The number of hydrogen-bond donors (Lipinski definition) is 2. The van der Waals surface area contributed by atoms with Crippen LogP contribution in [0.3, 0.4) is 0 Å². The monoisotopic (exact) mass is 457 g/mol. The van der Waals surface area contributed by atoms with E-state index in [-0.39, 0.29) is 11.8 Å². The van der Waals surface area contributed by atoms with Crippen molar-refractivity contribution in [2.75, 3.05) is 6.54 Å². The van der Waals surface area contributed by atoms with Crippen LogP contribution < -0.4 is 10.6 Å². The number of unbranched alkanes of at least 4 members (excludes halogenated alkanes) is 1. The van der Waals surface area contributed by atoms with Gasteiger partial charge in [0.1, 0.15) is 17.7 Å². The van der Waals surface area contributed by atoms with E-state index in [1.807, 2.05) is 32.9 Å². The molecule has 1 rings (SSSR count). The lowest BCUT2D eigenvalue weighted by Crippen LogP contribution is -2.53. The summed E-state index contributed by atoms with van der Waals surface area (Å²) in [6.07, 6.45) is 6.80. The Hall–Kier alpha value is -3.01. The first-order chi connectivity index (χ1) is 15.3. The molecule has 0 aliphatic heterocycles. The van der Waals surface area contributed by atoms with Gasteiger partial charge in [-0.3, -0.25) is 14.5 Å². The molecule has 33 heavy (non-hydrogen) atoms. The Morgan fingerprint density at radius 1 is 1.18 bits per heavy atom. The van der Waals surface area contributed by atoms with E-state index >= 15 is 0 Å². The summed E-state index contributed by atoms with van der Waals surface area (Å²) in [5.74, 6) is -1.19. The Morgan fingerprint density at radius 3 is 2.33 bits per heavy atom. The molecule has 0 saturated carbocycles. The van der Waals surface area contributed by atoms with Crippen LogP contribution in [0.2, 0.25) is 0 Å². The van der Waals surface area contributed by atoms with Gasteiger partial charge in [-0.15, -0.1) is 0 Å². The Kier molecular flexibility index (Phi) is 10.4. The molecule has 0 aliphatic carbocycles. The minimum atomic E-state index is -1.03. The third kappa shape index (κ3) is 8.12. The predicted octanol–water partition coefficient (Wildman–Crippen LogP) is 4.23. The Bertz CT molecular complexity index is 881. The molecular formula is C26H39N3O4. The number of carbonyl (C=O) groups excluding carboxylic acids is 3. The van der Waals surface area contributed by atoms with Gasteiger partial charge < -0.3 is 15.4 Å². The van der Waals surface area contributed by atoms with E-state index in [0.29, 0.717) is 12.1 Å². The lowest BCUT2D eigenvalue weighted by molar-refractivity contribution is -0.139. The van der Waals surface area contributed by atoms with Crippen LogP contribution in [0.15, 0.2) is 18.2 Å². The lowest BCUT2D eigenvalue weighted by atomic mass is 9.94. The molecule has 7 nitrogen and oxygen atoms in total. The fraction of sp³-hybridized carbons (Fsp3) is 0.577. The van der Waals surface area contributed by atoms with Crippen molar-refractivity contribution >= 4 is 17.9 Å². The number of aryl methyl sites for hydroxylation is 1. The van der Waals surface area contributed by atoms with Crippen molar-refractivity contribution in [1.29, 1.82) is 0 Å². The molecule has 2 atom stereocenters. The summed E-state index contributed by atoms with van der Waals surface area (Å²) in [6.45, 7) is 15.2. The number of carbonyl (C=O) groups is 3. The van der Waals surface area contributed by atoms with Gasteiger partial charge in [-0.1, -0.05) is 51.8 Å². The molecule has 1 aromatic rings. The number of terminal acetylenes is 1. The number of hydrogen-bond acceptors (Lipinski definition) is 4. The molecule has 7 heteroatoms. The van der Waals surface area contributed by atoms with Crippen molar-refractivity contribution < 1.29 is 19.1 Å². The van der Waals surface area contributed by atoms with Gasteiger partial charge in [-0.05, 0) is 63.6 Å². The second-order valence-electron chi connectivity index (χ2n) is 9.54. The molecule has 1 aromatic carbocycles. The maximum Gasteiger partial charge on any atom is 0.408 e. The van der Waals surface area contributed by atoms with Crippen LogP contribution in [-0.2, 0) is 14.3 Å². The van der Waals surface area contributed by atoms with Crippen molar-refractivity contribution in [3.05, 3.63) is 34.9 Å². The first kappa shape index (κ1) is 28.0. The van der Waals surface area contributed by atoms with Crippen LogP contribution >= 0.6 is 0 Å². The molecule has 0 heterocycles. The van der Waals surface area contributed by atoms with E-state index in [0.717, 1.165) is 28.9 Å². The van der Waals surface area contributed by atoms with E-state index in [4.69, 9.17) is 11.2 Å². The summed E-state index contributed by atoms with van der Waals surface area (Å²) in [5, 5.41) is 5.53. The molecule has 0 fully saturated rings. The number of nitrogens with zero attached hydrogens (tertiary/aromatic N) is 1. The third-order valence-electron chi connectivity index (χ3n) is 5.26. The number of nitrogens with one attached hydrogen (secondary N) is 2. The van der Waals surface area contributed by atoms with Gasteiger partial charge in [-0.25, -0.2) is 4.79 Å². The summed E-state index contributed by atoms with van der Waals surface area (Å²) < 4.78 is 5.32. The zero-order valence-corrected chi connectivity index (χ0v) is 21.2. The van der Waals surface area contributed by atoms with Gasteiger partial charge in [0.15, 0.2) is 0 Å². The first-order valence-electron chi connectivity index (χ1n) is 11.5. The highest BCUT2D eigenvalue weighted by atomic mass is 16.6. The summed E-state index contributed by atoms with van der Waals surface area (Å²) in [4.78, 5) is 40.4. The van der Waals surface area contributed by atoms with Crippen molar-refractivity contribution in [2.24, 2.45) is 5.92 Å². The largest absolute Gasteiger partial charge is 0.444 e. The molecule has 0 aromatic heterocycles. The Morgan fingerprint density at radius 2 is 1.82 bits per heavy atom. The maximum atomic E-state index is 13.6. The van der Waals surface area contributed by atoms with Gasteiger partial charge in [0.05, 0.1) is 0 Å². The third-order valence-corrected chi connectivity index (χ3v) is 5.26. The zero-order chi connectivity index (χ0) is 25.3. The van der Waals surface area contributed by atoms with Gasteiger partial charge in [0.25, 0.3) is 5.91 Å². The number of alkyl carbamates (subject to hydrolysis) is 1. The summed E-state index contributed by atoms with van der Waals surface area (Å²) in [5.41, 5.74) is 1.79. The summed E-state index contributed by atoms with van der Waals surface area (Å²) in [6, 6.07) is 5.99. The maximum absolute atomic E-state index is 13.6. The molecule has 0 radical (unpaired) electrons. The molecule has 0 aliphatic rings. The van der Waals surface area contributed by atoms with Crippen LogP contribution in [-0.4, -0.2) is 41.0 Å². The smallest absolute Gasteiger partial charge is 0.408 e. The van der Waals surface area contributed by atoms with E-state index in [1.54, 1.807) is 40.7 Å². The molecule has 2 N–H and O–H groups in total. The number of amides is 3. The normalized spacial score (nSPS) is 13.0. The predicted molar refractivity (Wildman–Crippen MR) is 130 cm³/mol. The van der Waals surface area contributed by atoms with E-state index in [2.05, 4.69) is 16.7 Å². The first-order valence-corrected chi connectivity index (χ1v) is 11.5. The summed E-state index contributed by atoms with van der Waals surface area (Å²) >= 11 is 0. The molecule has 0 bridgehead atoms. The number of benzene rings is 1. The average molecular weight is 458 g/mol. The van der Waals surface area contributed by atoms with Gasteiger partial charge in [0, 0.05) is 12.6 Å². The second-order valence-corrected chi connectivity index (χ2v) is 9.54. The van der Waals surface area contributed by atoms with Crippen molar-refractivity contribution in [3.8, 4) is 12.5 Å². The lowest BCUT2D eigenvalue weighted by Gasteiger charge is -2.32. The number of ether oxygens (including phenoxy) is 1.